The topological polar surface area (TPSA) is 195 Å². The SMILES string of the molecule is C=C(C)C(=O)OCCOc1c(CC)cc(CCCCCC)cc1Cc1cc(CCCCCC)cc(Cc2cc(CCCCCC)cc(Cc3cc(CCCCCC)ccc3OCCOC(=O)/C=C\C(=O)OCC)c2OCCOC(=O)C(=C)C)c1OCCOC(=O)/C=C\C(=O)OCC. The molecule has 0 aliphatic rings. The first-order valence-corrected chi connectivity index (χ1v) is 35.7. The van der Waals surface area contributed by atoms with Crippen molar-refractivity contribution in [1.29, 1.82) is 0 Å². The second kappa shape index (κ2) is 47.7. The summed E-state index contributed by atoms with van der Waals surface area (Å²) in [7, 11) is 0. The van der Waals surface area contributed by atoms with Crippen molar-refractivity contribution in [2.75, 3.05) is 66.1 Å². The molecule has 0 aliphatic heterocycles. The first-order chi connectivity index (χ1) is 47.0. The van der Waals surface area contributed by atoms with Crippen LogP contribution in [-0.4, -0.2) is 102 Å². The minimum absolute atomic E-state index is 0.0252. The van der Waals surface area contributed by atoms with Gasteiger partial charge in [-0.1, -0.05) is 173 Å². The van der Waals surface area contributed by atoms with Gasteiger partial charge in [0.15, 0.2) is 0 Å². The van der Waals surface area contributed by atoms with E-state index in [9.17, 15) is 28.8 Å². The molecule has 0 fully saturated rings. The fraction of sp³-hybridized carbons (Fsp3) is 0.531. The summed E-state index contributed by atoms with van der Waals surface area (Å²) < 4.78 is 59.4. The number of ether oxygens (including phenoxy) is 10. The molecular weight excluding hydrogens is 1230 g/mol. The van der Waals surface area contributed by atoms with E-state index in [0.717, 1.165) is 214 Å². The standard InChI is InChI=1S/C81H112O16/c1-12-19-23-27-31-61-35-36-72(90-41-42-91-75(84)39-37-73(82)88-17-6)66(49-61)56-67-52-63(33-29-25-21-14-3)53-70(78(67)95-46-48-97-81(87)60(10)11)58-71-55-64(34-30-26-22-15-4)54-69(79(71)94-44-43-92-76(85)40-38-74(83)89-18-7)57-68-51-62(32-28-24-20-13-2)50-65(16-5)77(68)93-45-47-96-80(86)59(8)9/h35-40,49-55H,8,10,12-34,41-48,56-58H2,1-7,9,11H3/b39-37-,40-38-. The molecule has 0 N–H and O–H groups in total. The molecule has 4 rings (SSSR count). The highest BCUT2D eigenvalue weighted by atomic mass is 16.6. The monoisotopic (exact) mass is 1340 g/mol. The number of hydrogen-bond donors (Lipinski definition) is 0. The van der Waals surface area contributed by atoms with E-state index in [-0.39, 0.29) is 71.6 Å². The number of carbonyl (C=O) groups is 6. The van der Waals surface area contributed by atoms with Gasteiger partial charge in [-0.05, 0) is 153 Å². The van der Waals surface area contributed by atoms with Crippen LogP contribution in [0.25, 0.3) is 0 Å². The minimum Gasteiger partial charge on any atom is -0.490 e. The average Bonchev–Trinajstić information content (AvgIpc) is 0.792. The van der Waals surface area contributed by atoms with Crippen LogP contribution in [0.5, 0.6) is 23.0 Å². The summed E-state index contributed by atoms with van der Waals surface area (Å²) in [5, 5.41) is 0. The van der Waals surface area contributed by atoms with E-state index in [1.54, 1.807) is 27.7 Å². The van der Waals surface area contributed by atoms with Crippen LogP contribution < -0.4 is 18.9 Å². The third kappa shape index (κ3) is 31.7. The fourth-order valence-electron chi connectivity index (χ4n) is 11.2. The predicted octanol–water partition coefficient (Wildman–Crippen LogP) is 16.6. The van der Waals surface area contributed by atoms with Gasteiger partial charge in [0.05, 0.1) is 13.2 Å². The number of esters is 6. The van der Waals surface area contributed by atoms with E-state index in [2.05, 4.69) is 96.3 Å². The van der Waals surface area contributed by atoms with Gasteiger partial charge in [-0.15, -0.1) is 0 Å². The van der Waals surface area contributed by atoms with Crippen LogP contribution in [0.1, 0.15) is 226 Å². The van der Waals surface area contributed by atoms with E-state index in [4.69, 9.17) is 47.4 Å². The Morgan fingerprint density at radius 2 is 0.629 bits per heavy atom. The van der Waals surface area contributed by atoms with Crippen LogP contribution >= 0.6 is 0 Å². The van der Waals surface area contributed by atoms with Crippen LogP contribution in [0.4, 0.5) is 0 Å². The molecule has 0 bridgehead atoms. The molecule has 0 saturated heterocycles. The van der Waals surface area contributed by atoms with Gasteiger partial charge in [0.2, 0.25) is 0 Å². The van der Waals surface area contributed by atoms with Crippen molar-refractivity contribution in [3.05, 3.63) is 164 Å². The van der Waals surface area contributed by atoms with Crippen molar-refractivity contribution in [3.63, 3.8) is 0 Å². The van der Waals surface area contributed by atoms with Gasteiger partial charge < -0.3 is 47.4 Å². The summed E-state index contributed by atoms with van der Waals surface area (Å²) in [6, 6.07) is 19.7. The van der Waals surface area contributed by atoms with Gasteiger partial charge in [-0.25, -0.2) is 28.8 Å². The highest BCUT2D eigenvalue weighted by Crippen LogP contribution is 2.39. The first-order valence-electron chi connectivity index (χ1n) is 35.7. The third-order valence-corrected chi connectivity index (χ3v) is 16.1. The molecular formula is C81H112O16. The second-order valence-corrected chi connectivity index (χ2v) is 24.5. The molecule has 4 aromatic rings. The summed E-state index contributed by atoms with van der Waals surface area (Å²) in [5.41, 5.74) is 11.6. The largest absolute Gasteiger partial charge is 0.490 e. The van der Waals surface area contributed by atoms with Gasteiger partial charge in [0.1, 0.15) is 75.9 Å². The van der Waals surface area contributed by atoms with Crippen molar-refractivity contribution in [2.24, 2.45) is 0 Å². The molecule has 0 amide bonds. The van der Waals surface area contributed by atoms with Crippen LogP contribution in [0.2, 0.25) is 0 Å². The van der Waals surface area contributed by atoms with E-state index in [0.29, 0.717) is 48.5 Å². The number of aryl methyl sites for hydroxylation is 5. The van der Waals surface area contributed by atoms with Gasteiger partial charge in [0, 0.05) is 54.7 Å². The molecule has 0 heterocycles. The van der Waals surface area contributed by atoms with Gasteiger partial charge in [0.25, 0.3) is 0 Å². The van der Waals surface area contributed by atoms with Crippen LogP contribution in [0.15, 0.2) is 103 Å². The highest BCUT2D eigenvalue weighted by Gasteiger charge is 2.24. The first kappa shape index (κ1) is 81.3. The lowest BCUT2D eigenvalue weighted by atomic mass is 9.89. The minimum atomic E-state index is -0.726. The summed E-state index contributed by atoms with van der Waals surface area (Å²) in [5.74, 6) is -1.20. The summed E-state index contributed by atoms with van der Waals surface area (Å²) in [6.45, 7) is 25.3. The van der Waals surface area contributed by atoms with Gasteiger partial charge in [-0.3, -0.25) is 0 Å². The Bertz CT molecular complexity index is 3190. The Morgan fingerprint density at radius 3 is 0.969 bits per heavy atom. The maximum absolute atomic E-state index is 13.1. The molecule has 0 saturated carbocycles. The summed E-state index contributed by atoms with van der Waals surface area (Å²) in [4.78, 5) is 75.2. The lowest BCUT2D eigenvalue weighted by Gasteiger charge is -2.23. The van der Waals surface area contributed by atoms with Gasteiger partial charge in [-0.2, -0.15) is 0 Å². The number of unbranched alkanes of at least 4 members (excludes halogenated alkanes) is 12. The quantitative estimate of drug-likeness (QED) is 0.0175. The molecule has 0 aliphatic carbocycles. The zero-order valence-electron chi connectivity index (χ0n) is 60.0. The fourth-order valence-corrected chi connectivity index (χ4v) is 11.2. The third-order valence-electron chi connectivity index (χ3n) is 16.1. The summed E-state index contributed by atoms with van der Waals surface area (Å²) >= 11 is 0. The number of benzene rings is 4. The zero-order valence-corrected chi connectivity index (χ0v) is 60.0. The van der Waals surface area contributed by atoms with Gasteiger partial charge >= 0.3 is 35.8 Å². The van der Waals surface area contributed by atoms with Crippen LogP contribution in [0, 0.1) is 0 Å². The molecule has 4 aromatic carbocycles. The van der Waals surface area contributed by atoms with Crippen LogP contribution in [-0.2, 0) is 109 Å². The lowest BCUT2D eigenvalue weighted by Crippen LogP contribution is -2.16. The lowest BCUT2D eigenvalue weighted by molar-refractivity contribution is -0.140. The highest BCUT2D eigenvalue weighted by molar-refractivity contribution is 5.92. The number of carbonyl (C=O) groups excluding carboxylic acids is 6. The van der Waals surface area contributed by atoms with Crippen molar-refractivity contribution in [2.45, 2.75) is 216 Å². The van der Waals surface area contributed by atoms with E-state index in [1.165, 1.54) is 5.56 Å². The Balaban J connectivity index is 2.07. The number of rotatable bonds is 51. The molecule has 532 valence electrons. The van der Waals surface area contributed by atoms with E-state index < -0.39 is 35.8 Å². The van der Waals surface area contributed by atoms with Crippen molar-refractivity contribution in [1.82, 2.24) is 0 Å². The molecule has 0 unspecified atom stereocenters. The molecule has 0 aromatic heterocycles. The van der Waals surface area contributed by atoms with Crippen LogP contribution in [0.3, 0.4) is 0 Å². The van der Waals surface area contributed by atoms with E-state index >= 15 is 0 Å². The summed E-state index contributed by atoms with van der Waals surface area (Å²) in [6.07, 6.45) is 26.4. The zero-order chi connectivity index (χ0) is 70.6. The molecule has 97 heavy (non-hydrogen) atoms. The maximum Gasteiger partial charge on any atom is 0.333 e. The Morgan fingerprint density at radius 1 is 0.330 bits per heavy atom. The Hall–Kier alpha value is -8.14. The second-order valence-electron chi connectivity index (χ2n) is 24.5. The molecule has 0 spiro atoms. The molecule has 0 radical (unpaired) electrons. The Kier molecular flexibility index (Phi) is 40.0. The smallest absolute Gasteiger partial charge is 0.333 e. The van der Waals surface area contributed by atoms with E-state index in [1.807, 2.05) is 6.07 Å². The normalized spacial score (nSPS) is 11.1. The molecule has 16 heteroatoms. The van der Waals surface area contributed by atoms with Crippen molar-refractivity contribution < 1.29 is 76.1 Å². The number of hydrogen-bond acceptors (Lipinski definition) is 16. The van der Waals surface area contributed by atoms with Crippen molar-refractivity contribution >= 4 is 35.8 Å². The van der Waals surface area contributed by atoms with Crippen molar-refractivity contribution in [3.8, 4) is 23.0 Å². The maximum atomic E-state index is 13.1. The molecule has 0 atom stereocenters. The average molecular weight is 1340 g/mol. The molecule has 16 nitrogen and oxygen atoms in total. The Labute approximate surface area is 579 Å². The predicted molar refractivity (Wildman–Crippen MR) is 382 cm³/mol.